The van der Waals surface area contributed by atoms with Crippen LogP contribution in [-0.2, 0) is 23.6 Å². The summed E-state index contributed by atoms with van der Waals surface area (Å²) in [6, 6.07) is 7.03. The van der Waals surface area contributed by atoms with Crippen LogP contribution in [0.25, 0.3) is 22.2 Å². The third kappa shape index (κ3) is 8.44. The first-order chi connectivity index (χ1) is 25.5. The fourth-order valence-electron chi connectivity index (χ4n) is 7.91. The molecule has 1 saturated heterocycles. The second-order valence-electron chi connectivity index (χ2n) is 15.4. The molecule has 16 heteroatoms. The first-order valence-corrected chi connectivity index (χ1v) is 18.6. The fourth-order valence-corrected chi connectivity index (χ4v) is 7.91. The van der Waals surface area contributed by atoms with E-state index in [0.717, 1.165) is 63.7 Å². The van der Waals surface area contributed by atoms with E-state index < -0.39 is 24.5 Å². The average Bonchev–Trinajstić information content (AvgIpc) is 3.75. The van der Waals surface area contributed by atoms with Gasteiger partial charge in [0.2, 0.25) is 0 Å². The quantitative estimate of drug-likeness (QED) is 0.122. The Morgan fingerprint density at radius 3 is 2.11 bits per heavy atom. The molecule has 304 valence electrons. The number of aryl methyl sites for hydroxylation is 2. The molecular formula is C38H63N7O9. The van der Waals surface area contributed by atoms with E-state index in [2.05, 4.69) is 83.2 Å². The molecule has 1 aliphatic carbocycles. The number of nitrogens with zero attached hydrogens (tertiary/aromatic N) is 7. The summed E-state index contributed by atoms with van der Waals surface area (Å²) in [5.41, 5.74) is 3.49. The van der Waals surface area contributed by atoms with E-state index in [9.17, 15) is 25.8 Å². The maximum absolute atomic E-state index is 12.8. The molecule has 3 aromatic heterocycles. The van der Waals surface area contributed by atoms with Gasteiger partial charge in [-0.05, 0) is 61.6 Å². The third-order valence-corrected chi connectivity index (χ3v) is 11.2. The Kier molecular flexibility index (Phi) is 15.2. The van der Waals surface area contributed by atoms with Gasteiger partial charge in [-0.25, -0.2) is 9.71 Å². The molecule has 2 unspecified atom stereocenters. The van der Waals surface area contributed by atoms with Crippen molar-refractivity contribution in [3.63, 3.8) is 0 Å². The van der Waals surface area contributed by atoms with Crippen molar-refractivity contribution in [1.82, 2.24) is 19.0 Å². The van der Waals surface area contributed by atoms with Crippen LogP contribution in [0.3, 0.4) is 0 Å². The molecule has 6 rings (SSSR count). The Hall–Kier alpha value is -3.64. The number of aliphatic hydroxyl groups is 5. The predicted molar refractivity (Wildman–Crippen MR) is 204 cm³/mol. The lowest BCUT2D eigenvalue weighted by Gasteiger charge is -2.48. The van der Waals surface area contributed by atoms with Crippen molar-refractivity contribution >= 4 is 22.2 Å². The number of hydrogen-bond donors (Lipinski definition) is 5. The number of fused-ring (bicyclic) bond motifs is 2. The maximum atomic E-state index is 12.8. The van der Waals surface area contributed by atoms with E-state index in [1.165, 1.54) is 10.1 Å². The SMILES string of the molecule is CCc1c2c(n([C@@H]3O[C@H](CN(C(C)C)C4CC(C(C)C(C)c5nc6ccc(C(C)(C)C)cc6n5C)C4)[C@@H](O)[C@H]3O)c[n+]2[O-])[n+]([O-])c[n+]1[O-].CO.CO.CO. The number of aromatic nitrogens is 6. The van der Waals surface area contributed by atoms with Gasteiger partial charge in [0, 0.05) is 59.3 Å². The summed E-state index contributed by atoms with van der Waals surface area (Å²) in [6.07, 6.45) is -0.419. The van der Waals surface area contributed by atoms with Crippen molar-refractivity contribution in [2.24, 2.45) is 18.9 Å². The Morgan fingerprint density at radius 2 is 1.56 bits per heavy atom. The van der Waals surface area contributed by atoms with Gasteiger partial charge in [0.05, 0.1) is 11.0 Å². The summed E-state index contributed by atoms with van der Waals surface area (Å²) in [7, 11) is 5.12. The molecule has 0 bridgehead atoms. The van der Waals surface area contributed by atoms with E-state index in [0.29, 0.717) is 32.6 Å². The summed E-state index contributed by atoms with van der Waals surface area (Å²) in [6.45, 7) is 17.6. The van der Waals surface area contributed by atoms with Crippen LogP contribution in [0.15, 0.2) is 30.9 Å². The van der Waals surface area contributed by atoms with E-state index in [-0.39, 0.29) is 46.7 Å². The normalized spacial score (nSPS) is 23.6. The maximum Gasteiger partial charge on any atom is 0.404 e. The third-order valence-electron chi connectivity index (χ3n) is 11.2. The van der Waals surface area contributed by atoms with E-state index in [1.54, 1.807) is 6.92 Å². The Labute approximate surface area is 318 Å². The first kappa shape index (κ1) is 44.8. The standard InChI is InChI=1S/C35H51N7O6.3CH4O/c1-10-26-29-33(42(47)18-40(26)45)39(17-41(29)46)34-31(44)30(43)28(48-34)16-38(19(2)3)24-13-22(14-24)20(4)21(5)32-36-25-12-11-23(35(6,7)8)15-27(25)37(32)9;3*1-2/h11-12,15,17-22,24,28,30-31,34,43-44H,10,13-14,16H2,1-9H3;3*2H,1H3/t20?,21?,22?,24?,28-,30-,31-,34-;;;/m1.../s1. The second kappa shape index (κ2) is 18.3. The zero-order valence-electron chi connectivity index (χ0n) is 33.9. The minimum atomic E-state index is -1.38. The van der Waals surface area contributed by atoms with E-state index in [4.69, 9.17) is 25.0 Å². The van der Waals surface area contributed by atoms with Gasteiger partial charge in [-0.1, -0.05) is 47.6 Å². The predicted octanol–water partition coefficient (Wildman–Crippen LogP) is 1.66. The molecule has 0 spiro atoms. The number of ether oxygens (including phenoxy) is 1. The number of imidazole rings is 2. The lowest BCUT2D eigenvalue weighted by molar-refractivity contribution is -0.739. The molecular weight excluding hydrogens is 698 g/mol. The molecule has 0 amide bonds. The van der Waals surface area contributed by atoms with Gasteiger partial charge in [0.25, 0.3) is 18.1 Å². The lowest BCUT2D eigenvalue weighted by atomic mass is 9.68. The number of rotatable bonds is 9. The monoisotopic (exact) mass is 761 g/mol. The van der Waals surface area contributed by atoms with E-state index in [1.807, 2.05) is 0 Å². The molecule has 2 fully saturated rings. The van der Waals surface area contributed by atoms with Gasteiger partial charge < -0.3 is 50.5 Å². The summed E-state index contributed by atoms with van der Waals surface area (Å²) >= 11 is 0. The van der Waals surface area contributed by atoms with Crippen molar-refractivity contribution < 1.29 is 44.5 Å². The van der Waals surface area contributed by atoms with Gasteiger partial charge in [-0.2, -0.15) is 4.73 Å². The minimum absolute atomic E-state index is 0.0652. The largest absolute Gasteiger partial charge is 0.710 e. The van der Waals surface area contributed by atoms with Crippen LogP contribution in [0.2, 0.25) is 0 Å². The zero-order chi connectivity index (χ0) is 41.0. The molecule has 1 saturated carbocycles. The number of hydrogen-bond acceptors (Lipinski definition) is 11. The van der Waals surface area contributed by atoms with Crippen molar-refractivity contribution in [1.29, 1.82) is 0 Å². The summed E-state index contributed by atoms with van der Waals surface area (Å²) in [4.78, 5) is 7.38. The van der Waals surface area contributed by atoms with Gasteiger partial charge >= 0.3 is 12.0 Å². The Balaban J connectivity index is 0.00000124. The molecule has 4 aromatic rings. The van der Waals surface area contributed by atoms with Crippen LogP contribution >= 0.6 is 0 Å². The van der Waals surface area contributed by atoms with Gasteiger partial charge in [0.1, 0.15) is 18.0 Å². The van der Waals surface area contributed by atoms with Crippen LogP contribution in [0.1, 0.15) is 97.5 Å². The highest BCUT2D eigenvalue weighted by Crippen LogP contribution is 2.44. The van der Waals surface area contributed by atoms with Crippen molar-refractivity contribution in [3.8, 4) is 0 Å². The molecule has 16 nitrogen and oxygen atoms in total. The minimum Gasteiger partial charge on any atom is -0.710 e. The highest BCUT2D eigenvalue weighted by atomic mass is 16.6. The molecule has 1 aromatic carbocycles. The topological polar surface area (TPSA) is 217 Å². The van der Waals surface area contributed by atoms with Crippen molar-refractivity contribution in [3.05, 3.63) is 63.6 Å². The Bertz CT molecular complexity index is 1820. The molecule has 0 radical (unpaired) electrons. The molecule has 1 aliphatic heterocycles. The van der Waals surface area contributed by atoms with Crippen molar-refractivity contribution in [2.45, 2.75) is 123 Å². The van der Waals surface area contributed by atoms with Crippen LogP contribution in [0.4, 0.5) is 0 Å². The molecule has 54 heavy (non-hydrogen) atoms. The molecule has 2 aliphatic rings. The summed E-state index contributed by atoms with van der Waals surface area (Å²) in [5, 5.41) is 81.1. The highest BCUT2D eigenvalue weighted by Gasteiger charge is 2.51. The summed E-state index contributed by atoms with van der Waals surface area (Å²) in [5.74, 6) is 2.28. The highest BCUT2D eigenvalue weighted by molar-refractivity contribution is 5.77. The second-order valence-corrected chi connectivity index (χ2v) is 15.4. The fraction of sp³-hybridized carbons (Fsp3) is 0.684. The van der Waals surface area contributed by atoms with Gasteiger partial charge in [-0.15, -0.1) is 9.30 Å². The number of aliphatic hydroxyl groups excluding tert-OH is 5. The average molecular weight is 762 g/mol. The van der Waals surface area contributed by atoms with Crippen LogP contribution in [0.5, 0.6) is 0 Å². The zero-order valence-corrected chi connectivity index (χ0v) is 33.9. The molecule has 6 atom stereocenters. The van der Waals surface area contributed by atoms with Crippen LogP contribution < -0.4 is 14.2 Å². The first-order valence-electron chi connectivity index (χ1n) is 18.6. The Morgan fingerprint density at radius 1 is 0.944 bits per heavy atom. The lowest BCUT2D eigenvalue weighted by Crippen LogP contribution is -2.53. The van der Waals surface area contributed by atoms with Gasteiger partial charge in [-0.3, -0.25) is 4.90 Å². The molecule has 4 heterocycles. The van der Waals surface area contributed by atoms with E-state index >= 15 is 0 Å². The van der Waals surface area contributed by atoms with Gasteiger partial charge in [0.15, 0.2) is 11.8 Å². The van der Waals surface area contributed by atoms with Crippen molar-refractivity contribution in [2.75, 3.05) is 27.9 Å². The van der Waals surface area contributed by atoms with Crippen LogP contribution in [0, 0.1) is 27.5 Å². The smallest absolute Gasteiger partial charge is 0.404 e. The van der Waals surface area contributed by atoms with Crippen LogP contribution in [-0.4, -0.2) is 103 Å². The summed E-state index contributed by atoms with van der Waals surface area (Å²) < 4.78 is 10.8. The number of benzene rings is 1. The molecule has 5 N–H and O–H groups in total.